The maximum atomic E-state index is 11.0. The number of rotatable bonds is 1. The molecule has 2 atom stereocenters. The van der Waals surface area contributed by atoms with Crippen LogP contribution in [0.15, 0.2) is 11.6 Å². The van der Waals surface area contributed by atoms with E-state index in [1.165, 1.54) is 7.11 Å². The Balaban J connectivity index is 2.07. The largest absolute Gasteiger partial charge is 0.466 e. The van der Waals surface area contributed by atoms with Crippen LogP contribution >= 0.6 is 0 Å². The Morgan fingerprint density at radius 1 is 1.77 bits per heavy atom. The second kappa shape index (κ2) is 2.84. The van der Waals surface area contributed by atoms with Crippen molar-refractivity contribution in [2.75, 3.05) is 13.7 Å². The van der Waals surface area contributed by atoms with Crippen molar-refractivity contribution in [2.45, 2.75) is 25.9 Å². The SMILES string of the molecule is COC(=O)C=C1CC2(C)CCO[C@H]12. The summed E-state index contributed by atoms with van der Waals surface area (Å²) in [6, 6.07) is 0. The van der Waals surface area contributed by atoms with E-state index < -0.39 is 0 Å². The zero-order chi connectivity index (χ0) is 9.47. The van der Waals surface area contributed by atoms with Gasteiger partial charge in [-0.2, -0.15) is 0 Å². The molecule has 0 N–H and O–H groups in total. The molecule has 0 aromatic carbocycles. The third kappa shape index (κ3) is 1.27. The predicted molar refractivity (Wildman–Crippen MR) is 47.2 cm³/mol. The molecule has 1 aliphatic carbocycles. The van der Waals surface area contributed by atoms with Crippen LogP contribution in [0.3, 0.4) is 0 Å². The van der Waals surface area contributed by atoms with Crippen molar-refractivity contribution in [1.29, 1.82) is 0 Å². The number of carbonyl (C=O) groups is 1. The van der Waals surface area contributed by atoms with E-state index in [1.54, 1.807) is 6.08 Å². The van der Waals surface area contributed by atoms with E-state index in [0.29, 0.717) is 5.41 Å². The van der Waals surface area contributed by atoms with Gasteiger partial charge < -0.3 is 9.47 Å². The van der Waals surface area contributed by atoms with Crippen molar-refractivity contribution in [1.82, 2.24) is 0 Å². The Bertz CT molecular complexity index is 269. The van der Waals surface area contributed by atoms with Crippen LogP contribution < -0.4 is 0 Å². The highest BCUT2D eigenvalue weighted by atomic mass is 16.5. The molecule has 0 bridgehead atoms. The quantitative estimate of drug-likeness (QED) is 0.452. The van der Waals surface area contributed by atoms with Crippen LogP contribution in [-0.2, 0) is 14.3 Å². The Morgan fingerprint density at radius 2 is 2.54 bits per heavy atom. The smallest absolute Gasteiger partial charge is 0.330 e. The zero-order valence-electron chi connectivity index (χ0n) is 8.00. The summed E-state index contributed by atoms with van der Waals surface area (Å²) in [5.74, 6) is -0.271. The number of esters is 1. The first kappa shape index (κ1) is 8.75. The standard InChI is InChI=1S/C10H14O3/c1-10-3-4-13-9(10)7(6-10)5-8(11)12-2/h5,9H,3-4,6H2,1-2H3/t9-,10?/m1/s1. The van der Waals surface area contributed by atoms with Crippen LogP contribution in [0.1, 0.15) is 19.8 Å². The minimum absolute atomic E-state index is 0.173. The van der Waals surface area contributed by atoms with Gasteiger partial charge in [-0.15, -0.1) is 0 Å². The van der Waals surface area contributed by atoms with Crippen molar-refractivity contribution >= 4 is 5.97 Å². The molecule has 13 heavy (non-hydrogen) atoms. The Morgan fingerprint density at radius 3 is 3.15 bits per heavy atom. The van der Waals surface area contributed by atoms with E-state index in [4.69, 9.17) is 4.74 Å². The monoisotopic (exact) mass is 182 g/mol. The van der Waals surface area contributed by atoms with Crippen molar-refractivity contribution in [3.63, 3.8) is 0 Å². The molecule has 1 saturated carbocycles. The fourth-order valence-corrected chi connectivity index (χ4v) is 2.24. The van der Waals surface area contributed by atoms with Crippen LogP contribution in [0.2, 0.25) is 0 Å². The normalized spacial score (nSPS) is 39.8. The topological polar surface area (TPSA) is 35.5 Å². The molecule has 1 heterocycles. The lowest BCUT2D eigenvalue weighted by atomic mass is 9.64. The van der Waals surface area contributed by atoms with Crippen molar-refractivity contribution in [3.05, 3.63) is 11.6 Å². The van der Waals surface area contributed by atoms with Gasteiger partial charge in [-0.3, -0.25) is 0 Å². The summed E-state index contributed by atoms with van der Waals surface area (Å²) >= 11 is 0. The molecule has 3 nitrogen and oxygen atoms in total. The van der Waals surface area contributed by atoms with Gasteiger partial charge in [0.25, 0.3) is 0 Å². The lowest BCUT2D eigenvalue weighted by molar-refractivity contribution is -0.135. The summed E-state index contributed by atoms with van der Waals surface area (Å²) < 4.78 is 10.1. The van der Waals surface area contributed by atoms with Gasteiger partial charge in [-0.05, 0) is 18.4 Å². The second-order valence-electron chi connectivity index (χ2n) is 4.07. The highest BCUT2D eigenvalue weighted by Crippen LogP contribution is 2.53. The van der Waals surface area contributed by atoms with Gasteiger partial charge >= 0.3 is 5.97 Å². The molecule has 0 amide bonds. The minimum atomic E-state index is -0.271. The molecule has 72 valence electrons. The Hall–Kier alpha value is -0.830. The lowest BCUT2D eigenvalue weighted by Crippen LogP contribution is -2.41. The number of methoxy groups -OCH3 is 1. The predicted octanol–water partition coefficient (Wildman–Crippen LogP) is 1.28. The van der Waals surface area contributed by atoms with Gasteiger partial charge in [-0.1, -0.05) is 6.92 Å². The van der Waals surface area contributed by atoms with Crippen LogP contribution in [0.5, 0.6) is 0 Å². The van der Waals surface area contributed by atoms with Crippen molar-refractivity contribution < 1.29 is 14.3 Å². The van der Waals surface area contributed by atoms with Gasteiger partial charge in [0.2, 0.25) is 0 Å². The van der Waals surface area contributed by atoms with Crippen LogP contribution in [-0.4, -0.2) is 25.8 Å². The second-order valence-corrected chi connectivity index (χ2v) is 4.07. The number of ether oxygens (including phenoxy) is 2. The Labute approximate surface area is 77.7 Å². The number of hydrogen-bond acceptors (Lipinski definition) is 3. The molecule has 1 unspecified atom stereocenters. The van der Waals surface area contributed by atoms with Crippen LogP contribution in [0.25, 0.3) is 0 Å². The summed E-state index contributed by atoms with van der Waals surface area (Å²) in [6.45, 7) is 3.03. The molecule has 3 heteroatoms. The molecule has 0 radical (unpaired) electrons. The highest BCUT2D eigenvalue weighted by Gasteiger charge is 2.51. The molecule has 2 fully saturated rings. The highest BCUT2D eigenvalue weighted by molar-refractivity contribution is 5.83. The molecule has 1 saturated heterocycles. The van der Waals surface area contributed by atoms with Gasteiger partial charge in [0, 0.05) is 18.1 Å². The molecular weight excluding hydrogens is 168 g/mol. The number of fused-ring (bicyclic) bond motifs is 1. The third-order valence-electron chi connectivity index (χ3n) is 3.04. The van der Waals surface area contributed by atoms with E-state index >= 15 is 0 Å². The molecule has 2 rings (SSSR count). The van der Waals surface area contributed by atoms with E-state index in [9.17, 15) is 4.79 Å². The van der Waals surface area contributed by atoms with E-state index in [0.717, 1.165) is 25.0 Å². The summed E-state index contributed by atoms with van der Waals surface area (Å²) in [5.41, 5.74) is 1.38. The molecule has 1 aliphatic heterocycles. The van der Waals surface area contributed by atoms with Crippen molar-refractivity contribution in [3.8, 4) is 0 Å². The maximum absolute atomic E-state index is 11.0. The first-order valence-corrected chi connectivity index (χ1v) is 4.56. The summed E-state index contributed by atoms with van der Waals surface area (Å²) in [6.07, 6.45) is 3.83. The first-order valence-electron chi connectivity index (χ1n) is 4.56. The molecule has 0 aromatic heterocycles. The molecule has 0 aromatic rings. The average Bonchev–Trinajstić information content (AvgIpc) is 2.38. The molecule has 2 aliphatic rings. The number of carbonyl (C=O) groups excluding carboxylic acids is 1. The zero-order valence-corrected chi connectivity index (χ0v) is 8.00. The maximum Gasteiger partial charge on any atom is 0.330 e. The van der Waals surface area contributed by atoms with Crippen molar-refractivity contribution in [2.24, 2.45) is 5.41 Å². The van der Waals surface area contributed by atoms with Crippen LogP contribution in [0, 0.1) is 5.41 Å². The van der Waals surface area contributed by atoms with E-state index in [1.807, 2.05) is 0 Å². The summed E-state index contributed by atoms with van der Waals surface area (Å²) in [7, 11) is 1.40. The van der Waals surface area contributed by atoms with Gasteiger partial charge in [-0.25, -0.2) is 4.79 Å². The Kier molecular flexibility index (Phi) is 1.91. The lowest BCUT2D eigenvalue weighted by Gasteiger charge is -2.42. The first-order chi connectivity index (χ1) is 6.15. The van der Waals surface area contributed by atoms with Crippen LogP contribution in [0.4, 0.5) is 0 Å². The van der Waals surface area contributed by atoms with E-state index in [-0.39, 0.29) is 12.1 Å². The van der Waals surface area contributed by atoms with E-state index in [2.05, 4.69) is 11.7 Å². The summed E-state index contributed by atoms with van der Waals surface area (Å²) in [4.78, 5) is 11.0. The third-order valence-corrected chi connectivity index (χ3v) is 3.04. The number of hydrogen-bond donors (Lipinski definition) is 0. The minimum Gasteiger partial charge on any atom is -0.466 e. The van der Waals surface area contributed by atoms with Gasteiger partial charge in [0.15, 0.2) is 0 Å². The van der Waals surface area contributed by atoms with Gasteiger partial charge in [0.1, 0.15) is 0 Å². The summed E-state index contributed by atoms with van der Waals surface area (Å²) in [5, 5.41) is 0. The fourth-order valence-electron chi connectivity index (χ4n) is 2.24. The molecular formula is C10H14O3. The fraction of sp³-hybridized carbons (Fsp3) is 0.700. The average molecular weight is 182 g/mol. The van der Waals surface area contributed by atoms with Gasteiger partial charge in [0.05, 0.1) is 13.2 Å². The molecule has 0 spiro atoms.